The zero-order chi connectivity index (χ0) is 22.0. The fraction of sp³-hybridized carbons (Fsp3) is 0.0417. The molecule has 1 heterocycles. The minimum absolute atomic E-state index is 0.233. The Kier molecular flexibility index (Phi) is 5.64. The number of rotatable bonds is 4. The largest absolute Gasteiger partial charge is 0.326 e. The molecule has 1 aromatic heterocycles. The monoisotopic (exact) mass is 433 g/mol. The van der Waals surface area contributed by atoms with Crippen molar-refractivity contribution < 1.29 is 14.0 Å². The van der Waals surface area contributed by atoms with E-state index in [1.165, 1.54) is 19.1 Å². The smallest absolute Gasteiger partial charge is 0.256 e. The second-order valence-corrected chi connectivity index (χ2v) is 7.32. The van der Waals surface area contributed by atoms with E-state index in [1.807, 2.05) is 18.2 Å². The lowest BCUT2D eigenvalue weighted by molar-refractivity contribution is -0.114. The van der Waals surface area contributed by atoms with E-state index in [2.05, 4.69) is 15.6 Å². The van der Waals surface area contributed by atoms with E-state index in [9.17, 15) is 14.0 Å². The lowest BCUT2D eigenvalue weighted by Crippen LogP contribution is -2.14. The molecule has 7 heteroatoms. The molecular formula is C24H17ClFN3O2. The van der Waals surface area contributed by atoms with Crippen molar-refractivity contribution in [2.75, 3.05) is 10.6 Å². The molecule has 0 fully saturated rings. The van der Waals surface area contributed by atoms with E-state index in [1.54, 1.807) is 42.5 Å². The van der Waals surface area contributed by atoms with Crippen LogP contribution in [-0.4, -0.2) is 16.8 Å². The van der Waals surface area contributed by atoms with Gasteiger partial charge in [0, 0.05) is 23.6 Å². The van der Waals surface area contributed by atoms with Gasteiger partial charge in [-0.2, -0.15) is 0 Å². The van der Waals surface area contributed by atoms with Crippen molar-refractivity contribution in [3.05, 3.63) is 89.2 Å². The topological polar surface area (TPSA) is 71.1 Å². The number of benzene rings is 3. The van der Waals surface area contributed by atoms with Gasteiger partial charge in [0.15, 0.2) is 0 Å². The number of para-hydroxylation sites is 1. The van der Waals surface area contributed by atoms with E-state index in [4.69, 9.17) is 11.6 Å². The third-order valence-corrected chi connectivity index (χ3v) is 4.97. The average Bonchev–Trinajstić information content (AvgIpc) is 2.75. The number of aromatic nitrogens is 1. The molecule has 0 radical (unpaired) electrons. The van der Waals surface area contributed by atoms with Gasteiger partial charge in [0.2, 0.25) is 5.91 Å². The molecule has 4 rings (SSSR count). The van der Waals surface area contributed by atoms with Crippen molar-refractivity contribution in [2.24, 2.45) is 0 Å². The van der Waals surface area contributed by atoms with Crippen molar-refractivity contribution >= 4 is 45.7 Å². The summed E-state index contributed by atoms with van der Waals surface area (Å²) in [5, 5.41) is 6.47. The van der Waals surface area contributed by atoms with Crippen LogP contribution in [0.15, 0.2) is 72.8 Å². The maximum atomic E-state index is 13.3. The number of hydrogen-bond acceptors (Lipinski definition) is 3. The van der Waals surface area contributed by atoms with Crippen LogP contribution >= 0.6 is 11.6 Å². The molecule has 0 aliphatic carbocycles. The van der Waals surface area contributed by atoms with E-state index in [0.29, 0.717) is 44.1 Å². The number of amides is 2. The van der Waals surface area contributed by atoms with Crippen LogP contribution < -0.4 is 10.6 Å². The number of carbonyl (C=O) groups excluding carboxylic acids is 2. The maximum Gasteiger partial charge on any atom is 0.256 e. The third kappa shape index (κ3) is 4.54. The van der Waals surface area contributed by atoms with Gasteiger partial charge < -0.3 is 10.6 Å². The summed E-state index contributed by atoms with van der Waals surface area (Å²) < 4.78 is 13.3. The van der Waals surface area contributed by atoms with Crippen molar-refractivity contribution in [3.63, 3.8) is 0 Å². The zero-order valence-electron chi connectivity index (χ0n) is 16.4. The molecule has 0 aliphatic heterocycles. The van der Waals surface area contributed by atoms with Crippen LogP contribution in [0.4, 0.5) is 15.8 Å². The highest BCUT2D eigenvalue weighted by molar-refractivity contribution is 6.34. The standard InChI is InChI=1S/C24H17ClFN3O2/c1-14(30)27-17-10-11-20(25)23(12-17)29-24(31)19-13-22(15-6-8-16(26)9-7-15)28-21-5-3-2-4-18(19)21/h2-13H,1H3,(H,27,30)(H,29,31). The molecule has 2 N–H and O–H groups in total. The number of nitrogens with zero attached hydrogens (tertiary/aromatic N) is 1. The Hall–Kier alpha value is -3.77. The van der Waals surface area contributed by atoms with Gasteiger partial charge in [-0.3, -0.25) is 9.59 Å². The first-order chi connectivity index (χ1) is 14.9. The fourth-order valence-electron chi connectivity index (χ4n) is 3.22. The second-order valence-electron chi connectivity index (χ2n) is 6.91. The number of anilines is 2. The Balaban J connectivity index is 1.76. The number of nitrogens with one attached hydrogen (secondary N) is 2. The molecule has 0 bridgehead atoms. The average molecular weight is 434 g/mol. The minimum Gasteiger partial charge on any atom is -0.326 e. The van der Waals surface area contributed by atoms with E-state index >= 15 is 0 Å². The van der Waals surface area contributed by atoms with E-state index in [-0.39, 0.29) is 17.6 Å². The van der Waals surface area contributed by atoms with Crippen LogP contribution in [0.3, 0.4) is 0 Å². The SMILES string of the molecule is CC(=O)Nc1ccc(Cl)c(NC(=O)c2cc(-c3ccc(F)cc3)nc3ccccc23)c1. The van der Waals surface area contributed by atoms with Gasteiger partial charge in [-0.25, -0.2) is 9.37 Å². The van der Waals surface area contributed by atoms with Crippen LogP contribution in [0.25, 0.3) is 22.2 Å². The summed E-state index contributed by atoms with van der Waals surface area (Å²) in [5.74, 6) is -0.969. The summed E-state index contributed by atoms with van der Waals surface area (Å²) >= 11 is 6.25. The molecule has 5 nitrogen and oxygen atoms in total. The molecule has 0 saturated carbocycles. The van der Waals surface area contributed by atoms with Crippen LogP contribution in [0, 0.1) is 5.82 Å². The second kappa shape index (κ2) is 8.53. The van der Waals surface area contributed by atoms with Gasteiger partial charge in [-0.1, -0.05) is 29.8 Å². The van der Waals surface area contributed by atoms with Crippen LogP contribution in [0.5, 0.6) is 0 Å². The van der Waals surface area contributed by atoms with E-state index < -0.39 is 0 Å². The van der Waals surface area contributed by atoms with Gasteiger partial charge in [0.25, 0.3) is 5.91 Å². The highest BCUT2D eigenvalue weighted by Crippen LogP contribution is 2.29. The molecule has 154 valence electrons. The Morgan fingerprint density at radius 3 is 2.42 bits per heavy atom. The third-order valence-electron chi connectivity index (χ3n) is 4.64. The first-order valence-electron chi connectivity index (χ1n) is 9.45. The molecule has 3 aromatic carbocycles. The molecule has 0 spiro atoms. The lowest BCUT2D eigenvalue weighted by atomic mass is 10.0. The molecule has 0 aliphatic rings. The minimum atomic E-state index is -0.385. The molecular weight excluding hydrogens is 417 g/mol. The summed E-state index contributed by atoms with van der Waals surface area (Å²) in [4.78, 5) is 29.2. The first kappa shape index (κ1) is 20.5. The van der Waals surface area contributed by atoms with Gasteiger partial charge >= 0.3 is 0 Å². The number of hydrogen-bond donors (Lipinski definition) is 2. The molecule has 0 atom stereocenters. The van der Waals surface area contributed by atoms with Crippen molar-refractivity contribution in [1.29, 1.82) is 0 Å². The van der Waals surface area contributed by atoms with Gasteiger partial charge in [0.05, 0.1) is 27.5 Å². The number of fused-ring (bicyclic) bond motifs is 1. The summed E-state index contributed by atoms with van der Waals surface area (Å²) in [7, 11) is 0. The Morgan fingerprint density at radius 2 is 1.68 bits per heavy atom. The van der Waals surface area contributed by atoms with Crippen molar-refractivity contribution in [2.45, 2.75) is 6.92 Å². The summed E-state index contributed by atoms with van der Waals surface area (Å²) in [5.41, 5.74) is 3.13. The molecule has 0 unspecified atom stereocenters. The highest BCUT2D eigenvalue weighted by atomic mass is 35.5. The van der Waals surface area contributed by atoms with E-state index in [0.717, 1.165) is 0 Å². The summed E-state index contributed by atoms with van der Waals surface area (Å²) in [6, 6.07) is 19.7. The highest BCUT2D eigenvalue weighted by Gasteiger charge is 2.16. The Labute approximate surface area is 182 Å². The Bertz CT molecular complexity index is 1310. The van der Waals surface area contributed by atoms with Crippen LogP contribution in [0.2, 0.25) is 5.02 Å². The number of pyridine rings is 1. The predicted molar refractivity (Wildman–Crippen MR) is 121 cm³/mol. The zero-order valence-corrected chi connectivity index (χ0v) is 17.2. The fourth-order valence-corrected chi connectivity index (χ4v) is 3.39. The van der Waals surface area contributed by atoms with Crippen molar-refractivity contribution in [3.8, 4) is 11.3 Å². The Morgan fingerprint density at radius 1 is 0.935 bits per heavy atom. The van der Waals surface area contributed by atoms with Crippen LogP contribution in [0.1, 0.15) is 17.3 Å². The molecule has 0 saturated heterocycles. The quantitative estimate of drug-likeness (QED) is 0.420. The molecule has 2 amide bonds. The van der Waals surface area contributed by atoms with Gasteiger partial charge in [-0.15, -0.1) is 0 Å². The normalized spacial score (nSPS) is 10.7. The number of halogens is 2. The molecule has 31 heavy (non-hydrogen) atoms. The maximum absolute atomic E-state index is 13.3. The molecule has 4 aromatic rings. The lowest BCUT2D eigenvalue weighted by Gasteiger charge is -2.13. The summed E-state index contributed by atoms with van der Waals surface area (Å²) in [6.45, 7) is 1.40. The first-order valence-corrected chi connectivity index (χ1v) is 9.83. The summed E-state index contributed by atoms with van der Waals surface area (Å²) in [6.07, 6.45) is 0. The number of carbonyl (C=O) groups is 2. The van der Waals surface area contributed by atoms with Crippen LogP contribution in [-0.2, 0) is 4.79 Å². The van der Waals surface area contributed by atoms with Crippen molar-refractivity contribution in [1.82, 2.24) is 4.98 Å². The van der Waals surface area contributed by atoms with Gasteiger partial charge in [0.1, 0.15) is 5.82 Å². The van der Waals surface area contributed by atoms with Gasteiger partial charge in [-0.05, 0) is 54.6 Å². The predicted octanol–water partition coefficient (Wildman–Crippen LogP) is 5.91.